The van der Waals surface area contributed by atoms with Gasteiger partial charge in [-0.3, -0.25) is 10.1 Å². The Hall–Kier alpha value is -3.22. The average molecular weight is 342 g/mol. The second kappa shape index (κ2) is 7.12. The number of hydrogen-bond donors (Lipinski definition) is 4. The van der Waals surface area contributed by atoms with E-state index in [0.29, 0.717) is 28.3 Å². The van der Waals surface area contributed by atoms with E-state index in [4.69, 9.17) is 16.2 Å². The molecule has 2 aromatic carbocycles. The Morgan fingerprint density at radius 1 is 0.880 bits per heavy atom. The number of nitrogens with one attached hydrogen (secondary N) is 2. The smallest absolute Gasteiger partial charge is 0.412 e. The highest BCUT2D eigenvalue weighted by Gasteiger charge is 2.18. The summed E-state index contributed by atoms with van der Waals surface area (Å²) in [6.07, 6.45) is -0.625. The number of nitrogen functional groups attached to an aromatic ring is 2. The van der Waals surface area contributed by atoms with Crippen molar-refractivity contribution < 1.29 is 14.3 Å². The van der Waals surface area contributed by atoms with E-state index >= 15 is 0 Å². The Morgan fingerprint density at radius 3 is 2.08 bits per heavy atom. The Kier molecular flexibility index (Phi) is 5.17. The first-order valence-corrected chi connectivity index (χ1v) is 7.70. The lowest BCUT2D eigenvalue weighted by atomic mass is 10.1. The molecule has 7 nitrogen and oxygen atoms in total. The standard InChI is InChI=1S/C18H22N4O3/c1-18(2,3)25-17(24)22-14-9-8-13(20)10-15(14)21-16(23)11-4-6-12(19)7-5-11/h4-10H,19-20H2,1-3H3,(H,21,23)(H,22,24). The minimum Gasteiger partial charge on any atom is -0.444 e. The number of benzene rings is 2. The van der Waals surface area contributed by atoms with Crippen LogP contribution < -0.4 is 22.1 Å². The summed E-state index contributed by atoms with van der Waals surface area (Å²) in [7, 11) is 0. The van der Waals surface area contributed by atoms with Crippen molar-refractivity contribution in [2.75, 3.05) is 22.1 Å². The number of ether oxygens (including phenoxy) is 1. The molecule has 0 saturated heterocycles. The molecule has 2 aromatic rings. The fourth-order valence-corrected chi connectivity index (χ4v) is 2.02. The van der Waals surface area contributed by atoms with Crippen LogP contribution in [0.1, 0.15) is 31.1 Å². The summed E-state index contributed by atoms with van der Waals surface area (Å²) in [5.41, 5.74) is 13.0. The van der Waals surface area contributed by atoms with Gasteiger partial charge in [-0.25, -0.2) is 4.79 Å². The summed E-state index contributed by atoms with van der Waals surface area (Å²) in [6.45, 7) is 5.29. The van der Waals surface area contributed by atoms with Gasteiger partial charge in [-0.15, -0.1) is 0 Å². The molecule has 0 aromatic heterocycles. The highest BCUT2D eigenvalue weighted by molar-refractivity contribution is 6.07. The van der Waals surface area contributed by atoms with E-state index in [9.17, 15) is 9.59 Å². The third-order valence-corrected chi connectivity index (χ3v) is 3.10. The minimum absolute atomic E-state index is 0.349. The van der Waals surface area contributed by atoms with Crippen LogP contribution >= 0.6 is 0 Å². The molecular weight excluding hydrogens is 320 g/mol. The van der Waals surface area contributed by atoms with Gasteiger partial charge in [-0.2, -0.15) is 0 Å². The maximum atomic E-state index is 12.4. The number of nitrogens with two attached hydrogens (primary N) is 2. The van der Waals surface area contributed by atoms with E-state index in [1.165, 1.54) is 0 Å². The van der Waals surface area contributed by atoms with E-state index in [2.05, 4.69) is 10.6 Å². The number of amides is 2. The first-order chi connectivity index (χ1) is 11.6. The predicted octanol–water partition coefficient (Wildman–Crippen LogP) is 3.45. The van der Waals surface area contributed by atoms with Gasteiger partial charge in [0.15, 0.2) is 0 Å². The third kappa shape index (κ3) is 5.42. The second-order valence-corrected chi connectivity index (χ2v) is 6.51. The number of carbonyl (C=O) groups is 2. The van der Waals surface area contributed by atoms with Gasteiger partial charge in [0.2, 0.25) is 0 Å². The van der Waals surface area contributed by atoms with Crippen LogP contribution in [0.25, 0.3) is 0 Å². The number of hydrogen-bond acceptors (Lipinski definition) is 5. The van der Waals surface area contributed by atoms with E-state index in [-0.39, 0.29) is 5.91 Å². The SMILES string of the molecule is CC(C)(C)OC(=O)Nc1ccc(N)cc1NC(=O)c1ccc(N)cc1. The Balaban J connectivity index is 2.19. The topological polar surface area (TPSA) is 119 Å². The molecule has 0 bridgehead atoms. The molecule has 6 N–H and O–H groups in total. The maximum absolute atomic E-state index is 12.4. The molecule has 0 aliphatic rings. The fraction of sp³-hybridized carbons (Fsp3) is 0.222. The first-order valence-electron chi connectivity index (χ1n) is 7.70. The van der Waals surface area contributed by atoms with Crippen molar-refractivity contribution in [3.8, 4) is 0 Å². The second-order valence-electron chi connectivity index (χ2n) is 6.51. The highest BCUT2D eigenvalue weighted by Crippen LogP contribution is 2.26. The van der Waals surface area contributed by atoms with Crippen molar-refractivity contribution in [1.82, 2.24) is 0 Å². The molecule has 0 fully saturated rings. The lowest BCUT2D eigenvalue weighted by Crippen LogP contribution is -2.27. The van der Waals surface area contributed by atoms with Crippen LogP contribution in [0, 0.1) is 0 Å². The fourth-order valence-electron chi connectivity index (χ4n) is 2.02. The van der Waals surface area contributed by atoms with Crippen LogP contribution in [0.15, 0.2) is 42.5 Å². The number of carbonyl (C=O) groups excluding carboxylic acids is 2. The van der Waals surface area contributed by atoms with Crippen LogP contribution in [-0.2, 0) is 4.74 Å². The molecule has 132 valence electrons. The van der Waals surface area contributed by atoms with Gasteiger partial charge in [0, 0.05) is 16.9 Å². The van der Waals surface area contributed by atoms with Crippen molar-refractivity contribution in [3.63, 3.8) is 0 Å². The zero-order valence-electron chi connectivity index (χ0n) is 14.4. The predicted molar refractivity (Wildman–Crippen MR) is 99.5 cm³/mol. The van der Waals surface area contributed by atoms with Gasteiger partial charge in [-0.05, 0) is 63.2 Å². The molecule has 0 atom stereocenters. The van der Waals surface area contributed by atoms with E-state index < -0.39 is 11.7 Å². The first kappa shape index (κ1) is 18.1. The summed E-state index contributed by atoms with van der Waals surface area (Å²) in [4.78, 5) is 24.3. The zero-order chi connectivity index (χ0) is 18.6. The van der Waals surface area contributed by atoms with Crippen LogP contribution in [0.3, 0.4) is 0 Å². The largest absolute Gasteiger partial charge is 0.444 e. The Labute approximate surface area is 146 Å². The summed E-state index contributed by atoms with van der Waals surface area (Å²) < 4.78 is 5.22. The van der Waals surface area contributed by atoms with Gasteiger partial charge in [0.05, 0.1) is 11.4 Å². The van der Waals surface area contributed by atoms with E-state index in [0.717, 1.165) is 0 Å². The van der Waals surface area contributed by atoms with Crippen LogP contribution in [0.4, 0.5) is 27.5 Å². The van der Waals surface area contributed by atoms with Gasteiger partial charge in [0.25, 0.3) is 5.91 Å². The summed E-state index contributed by atoms with van der Waals surface area (Å²) in [5.74, 6) is -0.349. The van der Waals surface area contributed by atoms with Crippen LogP contribution in [0.2, 0.25) is 0 Å². The summed E-state index contributed by atoms with van der Waals surface area (Å²) in [5, 5.41) is 5.33. The molecule has 0 unspecified atom stereocenters. The molecule has 7 heteroatoms. The minimum atomic E-state index is -0.634. The Bertz CT molecular complexity index is 780. The normalized spacial score (nSPS) is 10.8. The quantitative estimate of drug-likeness (QED) is 0.637. The molecular formula is C18H22N4O3. The molecule has 0 radical (unpaired) electrons. The monoisotopic (exact) mass is 342 g/mol. The molecule has 0 aliphatic carbocycles. The van der Waals surface area contributed by atoms with Crippen molar-refractivity contribution in [1.29, 1.82) is 0 Å². The van der Waals surface area contributed by atoms with Crippen molar-refractivity contribution in [3.05, 3.63) is 48.0 Å². The molecule has 0 saturated carbocycles. The number of anilines is 4. The molecule has 2 amide bonds. The summed E-state index contributed by atoms with van der Waals surface area (Å²) in [6, 6.07) is 11.3. The molecule has 0 aliphatic heterocycles. The summed E-state index contributed by atoms with van der Waals surface area (Å²) >= 11 is 0. The van der Waals surface area contributed by atoms with Crippen molar-refractivity contribution in [2.45, 2.75) is 26.4 Å². The lowest BCUT2D eigenvalue weighted by Gasteiger charge is -2.20. The molecule has 0 spiro atoms. The van der Waals surface area contributed by atoms with Crippen LogP contribution in [0.5, 0.6) is 0 Å². The Morgan fingerprint density at radius 2 is 1.48 bits per heavy atom. The van der Waals surface area contributed by atoms with Crippen LogP contribution in [-0.4, -0.2) is 17.6 Å². The average Bonchev–Trinajstić information content (AvgIpc) is 2.48. The van der Waals surface area contributed by atoms with Crippen molar-refractivity contribution >= 4 is 34.7 Å². The van der Waals surface area contributed by atoms with Gasteiger partial charge in [-0.1, -0.05) is 0 Å². The van der Waals surface area contributed by atoms with E-state index in [1.54, 1.807) is 63.2 Å². The number of rotatable bonds is 3. The molecule has 25 heavy (non-hydrogen) atoms. The molecule has 2 rings (SSSR count). The maximum Gasteiger partial charge on any atom is 0.412 e. The van der Waals surface area contributed by atoms with Gasteiger partial charge >= 0.3 is 6.09 Å². The van der Waals surface area contributed by atoms with Gasteiger partial charge in [0.1, 0.15) is 5.60 Å². The zero-order valence-corrected chi connectivity index (χ0v) is 14.4. The third-order valence-electron chi connectivity index (χ3n) is 3.10. The molecule has 0 heterocycles. The highest BCUT2D eigenvalue weighted by atomic mass is 16.6. The van der Waals surface area contributed by atoms with Gasteiger partial charge < -0.3 is 21.5 Å². The van der Waals surface area contributed by atoms with Crippen molar-refractivity contribution in [2.24, 2.45) is 0 Å². The lowest BCUT2D eigenvalue weighted by molar-refractivity contribution is 0.0635. The van der Waals surface area contributed by atoms with E-state index in [1.807, 2.05) is 0 Å².